The minimum atomic E-state index is -0.506. The van der Waals surface area contributed by atoms with Gasteiger partial charge in [-0.25, -0.2) is 8.78 Å². The molecule has 1 saturated carbocycles. The minimum Gasteiger partial charge on any atom is -0.487 e. The second-order valence-corrected chi connectivity index (χ2v) is 4.04. The molecule has 2 rings (SSSR count). The molecule has 16 heavy (non-hydrogen) atoms. The third-order valence-electron chi connectivity index (χ3n) is 2.77. The highest BCUT2D eigenvalue weighted by Crippen LogP contribution is 2.27. The van der Waals surface area contributed by atoms with Crippen LogP contribution in [-0.2, 0) is 0 Å². The summed E-state index contributed by atoms with van der Waals surface area (Å²) < 4.78 is 31.5. The van der Waals surface area contributed by atoms with Gasteiger partial charge in [0.2, 0.25) is 0 Å². The quantitative estimate of drug-likeness (QED) is 0.853. The summed E-state index contributed by atoms with van der Waals surface area (Å²) in [6, 6.07) is 3.72. The molecule has 2 nitrogen and oxygen atoms in total. The molecular weight excluding hydrogens is 212 g/mol. The number of halogens is 2. The topological polar surface area (TPSA) is 21.3 Å². The fourth-order valence-corrected chi connectivity index (χ4v) is 1.86. The van der Waals surface area contributed by atoms with Crippen LogP contribution in [0, 0.1) is 11.6 Å². The third-order valence-corrected chi connectivity index (χ3v) is 2.77. The van der Waals surface area contributed by atoms with Gasteiger partial charge >= 0.3 is 0 Å². The Morgan fingerprint density at radius 2 is 2.12 bits per heavy atom. The van der Waals surface area contributed by atoms with E-state index in [-0.39, 0.29) is 11.9 Å². The maximum absolute atomic E-state index is 13.2. The molecule has 0 bridgehead atoms. The summed E-state index contributed by atoms with van der Waals surface area (Å²) in [7, 11) is 0. The van der Waals surface area contributed by atoms with Crippen LogP contribution in [-0.4, -0.2) is 18.7 Å². The Labute approximate surface area is 93.6 Å². The van der Waals surface area contributed by atoms with Gasteiger partial charge in [0.05, 0.1) is 0 Å². The van der Waals surface area contributed by atoms with Gasteiger partial charge in [0.25, 0.3) is 0 Å². The van der Waals surface area contributed by atoms with Gasteiger partial charge in [0, 0.05) is 12.1 Å². The minimum absolute atomic E-state index is 0.000324. The summed E-state index contributed by atoms with van der Waals surface area (Å²) in [5.74, 6) is -0.966. The standard InChI is InChI=1S/C12H15F2NO/c1-2-15-9-6-10(7-9)16-12-5-8(13)3-4-11(12)14/h3-5,9-10,15H,2,6-7H2,1H3. The van der Waals surface area contributed by atoms with Gasteiger partial charge in [-0.1, -0.05) is 6.92 Å². The molecule has 1 aromatic rings. The first-order valence-electron chi connectivity index (χ1n) is 5.54. The lowest BCUT2D eigenvalue weighted by Gasteiger charge is -2.35. The van der Waals surface area contributed by atoms with Crippen molar-refractivity contribution in [3.8, 4) is 5.75 Å². The Hall–Kier alpha value is -1.16. The van der Waals surface area contributed by atoms with E-state index >= 15 is 0 Å². The fraction of sp³-hybridized carbons (Fsp3) is 0.500. The first-order chi connectivity index (χ1) is 7.69. The maximum atomic E-state index is 13.2. The number of hydrogen-bond acceptors (Lipinski definition) is 2. The van der Waals surface area contributed by atoms with Gasteiger partial charge in [0.15, 0.2) is 11.6 Å². The van der Waals surface area contributed by atoms with Crippen LogP contribution in [0.5, 0.6) is 5.75 Å². The summed E-state index contributed by atoms with van der Waals surface area (Å²) in [5, 5.41) is 3.28. The first-order valence-corrected chi connectivity index (χ1v) is 5.54. The second-order valence-electron chi connectivity index (χ2n) is 4.04. The molecule has 0 aromatic heterocycles. The van der Waals surface area contributed by atoms with E-state index in [2.05, 4.69) is 5.32 Å². The highest BCUT2D eigenvalue weighted by atomic mass is 19.1. The lowest BCUT2D eigenvalue weighted by molar-refractivity contribution is 0.0815. The van der Waals surface area contributed by atoms with Gasteiger partial charge < -0.3 is 10.1 Å². The molecule has 1 aliphatic rings. The summed E-state index contributed by atoms with van der Waals surface area (Å²) >= 11 is 0. The molecule has 0 heterocycles. The van der Waals surface area contributed by atoms with E-state index in [1.165, 1.54) is 0 Å². The van der Waals surface area contributed by atoms with Crippen LogP contribution in [0.25, 0.3) is 0 Å². The predicted octanol–water partition coefficient (Wildman–Crippen LogP) is 2.48. The summed E-state index contributed by atoms with van der Waals surface area (Å²) in [6.07, 6.45) is 1.70. The van der Waals surface area contributed by atoms with Crippen molar-refractivity contribution in [1.29, 1.82) is 0 Å². The molecule has 1 aliphatic carbocycles. The Balaban J connectivity index is 1.89. The molecule has 1 aromatic carbocycles. The zero-order chi connectivity index (χ0) is 11.5. The molecular formula is C12H15F2NO. The molecule has 1 fully saturated rings. The molecule has 0 atom stereocenters. The SMILES string of the molecule is CCNC1CC(Oc2cc(F)ccc2F)C1. The van der Waals surface area contributed by atoms with Crippen molar-refractivity contribution in [1.82, 2.24) is 5.32 Å². The lowest BCUT2D eigenvalue weighted by Crippen LogP contribution is -2.46. The smallest absolute Gasteiger partial charge is 0.165 e. The van der Waals surface area contributed by atoms with Crippen LogP contribution >= 0.6 is 0 Å². The molecule has 0 spiro atoms. The van der Waals surface area contributed by atoms with E-state index in [1.807, 2.05) is 6.92 Å². The van der Waals surface area contributed by atoms with Crippen LogP contribution < -0.4 is 10.1 Å². The Morgan fingerprint density at radius 3 is 2.81 bits per heavy atom. The molecule has 88 valence electrons. The number of rotatable bonds is 4. The van der Waals surface area contributed by atoms with Crippen molar-refractivity contribution >= 4 is 0 Å². The number of hydrogen-bond donors (Lipinski definition) is 1. The first kappa shape index (κ1) is 11.3. The van der Waals surface area contributed by atoms with E-state index < -0.39 is 11.6 Å². The molecule has 1 N–H and O–H groups in total. The monoisotopic (exact) mass is 227 g/mol. The highest BCUT2D eigenvalue weighted by Gasteiger charge is 2.30. The van der Waals surface area contributed by atoms with Gasteiger partial charge in [-0.05, 0) is 31.5 Å². The summed E-state index contributed by atoms with van der Waals surface area (Å²) in [4.78, 5) is 0. The lowest BCUT2D eigenvalue weighted by atomic mass is 9.89. The molecule has 0 radical (unpaired) electrons. The third kappa shape index (κ3) is 2.50. The van der Waals surface area contributed by atoms with Gasteiger partial charge in [-0.2, -0.15) is 0 Å². The summed E-state index contributed by atoms with van der Waals surface area (Å²) in [6.45, 7) is 2.96. The van der Waals surface area contributed by atoms with Crippen LogP contribution in [0.3, 0.4) is 0 Å². The van der Waals surface area contributed by atoms with Crippen molar-refractivity contribution < 1.29 is 13.5 Å². The Bertz CT molecular complexity index is 364. The van der Waals surface area contributed by atoms with Crippen LogP contribution in [0.4, 0.5) is 8.78 Å². The predicted molar refractivity (Wildman–Crippen MR) is 57.5 cm³/mol. The number of ether oxygens (including phenoxy) is 1. The van der Waals surface area contributed by atoms with Crippen molar-refractivity contribution in [2.75, 3.05) is 6.54 Å². The second kappa shape index (κ2) is 4.78. The van der Waals surface area contributed by atoms with Crippen molar-refractivity contribution in [2.24, 2.45) is 0 Å². The Morgan fingerprint density at radius 1 is 1.38 bits per heavy atom. The van der Waals surface area contributed by atoms with Crippen molar-refractivity contribution in [2.45, 2.75) is 31.9 Å². The van der Waals surface area contributed by atoms with E-state index in [4.69, 9.17) is 4.74 Å². The van der Waals surface area contributed by atoms with E-state index in [0.717, 1.165) is 37.6 Å². The molecule has 0 aliphatic heterocycles. The van der Waals surface area contributed by atoms with E-state index in [9.17, 15) is 8.78 Å². The van der Waals surface area contributed by atoms with E-state index in [1.54, 1.807) is 0 Å². The largest absolute Gasteiger partial charge is 0.487 e. The van der Waals surface area contributed by atoms with Crippen molar-refractivity contribution in [3.63, 3.8) is 0 Å². The molecule has 0 saturated heterocycles. The van der Waals surface area contributed by atoms with Crippen LogP contribution in [0.15, 0.2) is 18.2 Å². The number of benzene rings is 1. The Kier molecular flexibility index (Phi) is 3.39. The van der Waals surface area contributed by atoms with Gasteiger partial charge in [-0.3, -0.25) is 0 Å². The molecule has 0 unspecified atom stereocenters. The zero-order valence-electron chi connectivity index (χ0n) is 9.17. The average molecular weight is 227 g/mol. The average Bonchev–Trinajstić information content (AvgIpc) is 2.20. The zero-order valence-corrected chi connectivity index (χ0v) is 9.17. The fourth-order valence-electron chi connectivity index (χ4n) is 1.86. The van der Waals surface area contributed by atoms with Crippen molar-refractivity contribution in [3.05, 3.63) is 29.8 Å². The summed E-state index contributed by atoms with van der Waals surface area (Å²) in [5.41, 5.74) is 0. The van der Waals surface area contributed by atoms with Gasteiger partial charge in [-0.15, -0.1) is 0 Å². The van der Waals surface area contributed by atoms with E-state index in [0.29, 0.717) is 6.04 Å². The van der Waals surface area contributed by atoms with Crippen LogP contribution in [0.1, 0.15) is 19.8 Å². The highest BCUT2D eigenvalue weighted by molar-refractivity contribution is 5.25. The van der Waals surface area contributed by atoms with Crippen LogP contribution in [0.2, 0.25) is 0 Å². The van der Waals surface area contributed by atoms with Gasteiger partial charge in [0.1, 0.15) is 11.9 Å². The molecule has 0 amide bonds. The maximum Gasteiger partial charge on any atom is 0.165 e. The normalized spacial score (nSPS) is 23.9. The molecule has 4 heteroatoms. The number of nitrogens with one attached hydrogen (secondary N) is 1.